The van der Waals surface area contributed by atoms with Gasteiger partial charge in [-0.15, -0.1) is 12.4 Å². The molecule has 0 radical (unpaired) electrons. The van der Waals surface area contributed by atoms with E-state index in [2.05, 4.69) is 15.9 Å². The summed E-state index contributed by atoms with van der Waals surface area (Å²) in [4.78, 5) is 0. The first-order chi connectivity index (χ1) is 9.08. The number of hydrogen-bond acceptors (Lipinski definition) is 2. The van der Waals surface area contributed by atoms with Crippen LogP contribution in [0.3, 0.4) is 0 Å². The zero-order valence-electron chi connectivity index (χ0n) is 11.3. The Balaban J connectivity index is 0.00000200. The van der Waals surface area contributed by atoms with Crippen LogP contribution in [-0.2, 0) is 6.42 Å². The molecule has 0 aromatic heterocycles. The number of hydrogen-bond donors (Lipinski definition) is 2. The van der Waals surface area contributed by atoms with E-state index in [-0.39, 0.29) is 12.4 Å². The van der Waals surface area contributed by atoms with Gasteiger partial charge in [0.25, 0.3) is 0 Å². The molecule has 0 aliphatic rings. The van der Waals surface area contributed by atoms with Crippen molar-refractivity contribution in [1.29, 1.82) is 0 Å². The van der Waals surface area contributed by atoms with Crippen LogP contribution in [-0.4, -0.2) is 11.2 Å². The van der Waals surface area contributed by atoms with Crippen LogP contribution >= 0.6 is 28.3 Å². The fourth-order valence-corrected chi connectivity index (χ4v) is 2.85. The zero-order chi connectivity index (χ0) is 13.8. The van der Waals surface area contributed by atoms with Crippen LogP contribution in [0.15, 0.2) is 53.0 Å². The molecule has 20 heavy (non-hydrogen) atoms. The minimum Gasteiger partial charge on any atom is -0.391 e. The van der Waals surface area contributed by atoms with Crippen LogP contribution < -0.4 is 5.73 Å². The third-order valence-electron chi connectivity index (χ3n) is 3.22. The van der Waals surface area contributed by atoms with Gasteiger partial charge in [-0.05, 0) is 29.7 Å². The molecule has 0 aliphatic heterocycles. The number of benzene rings is 2. The number of halogens is 2. The van der Waals surface area contributed by atoms with Crippen molar-refractivity contribution in [3.63, 3.8) is 0 Å². The van der Waals surface area contributed by atoms with Crippen LogP contribution in [0.5, 0.6) is 0 Å². The van der Waals surface area contributed by atoms with Crippen molar-refractivity contribution in [2.45, 2.75) is 25.5 Å². The summed E-state index contributed by atoms with van der Waals surface area (Å²) in [6.07, 6.45) is -0.0381. The highest BCUT2D eigenvalue weighted by Gasteiger charge is 2.19. The average molecular weight is 357 g/mol. The van der Waals surface area contributed by atoms with Gasteiger partial charge in [-0.1, -0.05) is 58.4 Å². The predicted molar refractivity (Wildman–Crippen MR) is 89.2 cm³/mol. The topological polar surface area (TPSA) is 46.2 Å². The Hall–Kier alpha value is -0.870. The first kappa shape index (κ1) is 17.2. The maximum atomic E-state index is 10.3. The van der Waals surface area contributed by atoms with Crippen LogP contribution in [0, 0.1) is 6.92 Å². The molecule has 0 spiro atoms. The summed E-state index contributed by atoms with van der Waals surface area (Å²) in [5.41, 5.74) is 9.35. The summed E-state index contributed by atoms with van der Waals surface area (Å²) in [5.74, 6) is 0. The van der Waals surface area contributed by atoms with Crippen molar-refractivity contribution in [3.8, 4) is 0 Å². The van der Waals surface area contributed by atoms with Crippen LogP contribution in [0.25, 0.3) is 0 Å². The van der Waals surface area contributed by atoms with Gasteiger partial charge in [-0.25, -0.2) is 0 Å². The van der Waals surface area contributed by atoms with Gasteiger partial charge in [0.2, 0.25) is 0 Å². The van der Waals surface area contributed by atoms with Gasteiger partial charge in [-0.3, -0.25) is 0 Å². The summed E-state index contributed by atoms with van der Waals surface area (Å²) in [6.45, 7) is 2.03. The van der Waals surface area contributed by atoms with Gasteiger partial charge in [0.1, 0.15) is 0 Å². The first-order valence-electron chi connectivity index (χ1n) is 6.31. The molecule has 4 heteroatoms. The number of aryl methyl sites for hydroxylation is 1. The molecule has 0 unspecified atom stereocenters. The molecule has 2 rings (SSSR count). The maximum Gasteiger partial charge on any atom is 0.0773 e. The van der Waals surface area contributed by atoms with E-state index in [4.69, 9.17) is 5.73 Å². The molecular formula is C16H19BrClNO. The summed E-state index contributed by atoms with van der Waals surface area (Å²) >= 11 is 3.51. The number of aliphatic hydroxyl groups is 1. The van der Waals surface area contributed by atoms with Gasteiger partial charge in [-0.2, -0.15) is 0 Å². The molecular weight excluding hydrogens is 338 g/mol. The van der Waals surface area contributed by atoms with E-state index in [1.807, 2.05) is 55.5 Å². The van der Waals surface area contributed by atoms with E-state index < -0.39 is 12.1 Å². The largest absolute Gasteiger partial charge is 0.391 e. The van der Waals surface area contributed by atoms with Crippen molar-refractivity contribution in [3.05, 3.63) is 69.7 Å². The summed E-state index contributed by atoms with van der Waals surface area (Å²) < 4.78 is 0.951. The molecule has 0 amide bonds. The Morgan fingerprint density at radius 1 is 1.15 bits per heavy atom. The second kappa shape index (κ2) is 7.79. The van der Waals surface area contributed by atoms with E-state index >= 15 is 0 Å². The molecule has 3 N–H and O–H groups in total. The predicted octanol–water partition coefficient (Wildman–Crippen LogP) is 3.78. The molecule has 0 saturated carbocycles. The Labute approximate surface area is 134 Å². The Kier molecular flexibility index (Phi) is 6.69. The molecule has 108 valence electrons. The minimum atomic E-state index is -0.596. The highest BCUT2D eigenvalue weighted by molar-refractivity contribution is 9.10. The van der Waals surface area contributed by atoms with Gasteiger partial charge in [0, 0.05) is 10.9 Å². The van der Waals surface area contributed by atoms with E-state index in [0.717, 1.165) is 15.6 Å². The second-order valence-corrected chi connectivity index (χ2v) is 5.66. The molecule has 0 saturated heterocycles. The van der Waals surface area contributed by atoms with Crippen molar-refractivity contribution >= 4 is 28.3 Å². The van der Waals surface area contributed by atoms with E-state index in [1.165, 1.54) is 5.56 Å². The standard InChI is InChI=1S/C16H18BrNO.ClH/c1-11-7-8-13(14(17)9-11)16(18)15(19)10-12-5-3-2-4-6-12;/h2-9,15-16,19H,10,18H2,1H3;1H/t15-,16+;/m0./s1. The Bertz CT molecular complexity index is 547. The number of aliphatic hydroxyl groups excluding tert-OH is 1. The second-order valence-electron chi connectivity index (χ2n) is 4.81. The normalized spacial score (nSPS) is 13.4. The fraction of sp³-hybridized carbons (Fsp3) is 0.250. The number of nitrogens with two attached hydrogens (primary N) is 1. The lowest BCUT2D eigenvalue weighted by Crippen LogP contribution is -2.28. The average Bonchev–Trinajstić information content (AvgIpc) is 2.39. The van der Waals surface area contributed by atoms with Gasteiger partial charge in [0.15, 0.2) is 0 Å². The highest BCUT2D eigenvalue weighted by atomic mass is 79.9. The monoisotopic (exact) mass is 355 g/mol. The highest BCUT2D eigenvalue weighted by Crippen LogP contribution is 2.26. The molecule has 0 fully saturated rings. The van der Waals surface area contributed by atoms with Crippen molar-refractivity contribution in [2.75, 3.05) is 0 Å². The third-order valence-corrected chi connectivity index (χ3v) is 3.90. The van der Waals surface area contributed by atoms with Crippen molar-refractivity contribution < 1.29 is 5.11 Å². The summed E-state index contributed by atoms with van der Waals surface area (Å²) in [6, 6.07) is 15.5. The number of rotatable bonds is 4. The molecule has 0 bridgehead atoms. The lowest BCUT2D eigenvalue weighted by atomic mass is 9.96. The lowest BCUT2D eigenvalue weighted by Gasteiger charge is -2.20. The molecule has 0 aliphatic carbocycles. The van der Waals surface area contributed by atoms with Crippen molar-refractivity contribution in [1.82, 2.24) is 0 Å². The molecule has 2 nitrogen and oxygen atoms in total. The maximum absolute atomic E-state index is 10.3. The van der Waals surface area contributed by atoms with Crippen LogP contribution in [0.2, 0.25) is 0 Å². The van der Waals surface area contributed by atoms with Gasteiger partial charge >= 0.3 is 0 Å². The van der Waals surface area contributed by atoms with E-state index in [9.17, 15) is 5.11 Å². The SMILES string of the molecule is Cc1ccc([C@@H](N)[C@@H](O)Cc2ccccc2)c(Br)c1.Cl. The molecule has 2 aromatic carbocycles. The van der Waals surface area contributed by atoms with Crippen molar-refractivity contribution in [2.24, 2.45) is 5.73 Å². The zero-order valence-corrected chi connectivity index (χ0v) is 13.7. The van der Waals surface area contributed by atoms with E-state index in [1.54, 1.807) is 0 Å². The van der Waals surface area contributed by atoms with Crippen LogP contribution in [0.4, 0.5) is 0 Å². The van der Waals surface area contributed by atoms with Crippen LogP contribution in [0.1, 0.15) is 22.7 Å². The third kappa shape index (κ3) is 4.32. The van der Waals surface area contributed by atoms with E-state index in [0.29, 0.717) is 6.42 Å². The Morgan fingerprint density at radius 3 is 2.40 bits per heavy atom. The quantitative estimate of drug-likeness (QED) is 0.875. The molecule has 2 atom stereocenters. The minimum absolute atomic E-state index is 0. The Morgan fingerprint density at radius 2 is 1.80 bits per heavy atom. The smallest absolute Gasteiger partial charge is 0.0773 e. The first-order valence-corrected chi connectivity index (χ1v) is 7.11. The molecule has 0 heterocycles. The fourth-order valence-electron chi connectivity index (χ4n) is 2.09. The van der Waals surface area contributed by atoms with Gasteiger partial charge in [0.05, 0.1) is 12.1 Å². The lowest BCUT2D eigenvalue weighted by molar-refractivity contribution is 0.145. The summed E-state index contributed by atoms with van der Waals surface area (Å²) in [5, 5.41) is 10.3. The molecule has 2 aromatic rings. The summed E-state index contributed by atoms with van der Waals surface area (Å²) in [7, 11) is 0. The van der Waals surface area contributed by atoms with Gasteiger partial charge < -0.3 is 10.8 Å².